The normalized spacial score (nSPS) is 17.4. The zero-order valence-corrected chi connectivity index (χ0v) is 19.2. The van der Waals surface area contributed by atoms with Gasteiger partial charge in [-0.15, -0.1) is 0 Å². The van der Waals surface area contributed by atoms with Crippen molar-refractivity contribution in [3.05, 3.63) is 101 Å². The molecule has 3 aromatic rings. The standard InChI is InChI=1S/C28H24N2O5/c1-17(25(31)29-24-12-6-8-18-7-2-3-9-21(18)24)35-28(34)19-13-15-20(16-14-19)30-26(32)22-10-4-5-11-23(22)27(30)33/h2-5,7,9-11,13-17,24H,6,8,12H2,1H3,(H,29,31). The molecule has 0 bridgehead atoms. The maximum Gasteiger partial charge on any atom is 0.338 e. The van der Waals surface area contributed by atoms with E-state index < -0.39 is 23.9 Å². The smallest absolute Gasteiger partial charge is 0.338 e. The molecule has 0 spiro atoms. The molecule has 2 unspecified atom stereocenters. The van der Waals surface area contributed by atoms with E-state index >= 15 is 0 Å². The summed E-state index contributed by atoms with van der Waals surface area (Å²) in [5.41, 5.74) is 3.60. The lowest BCUT2D eigenvalue weighted by Gasteiger charge is -2.27. The van der Waals surface area contributed by atoms with Crippen LogP contribution in [-0.4, -0.2) is 29.8 Å². The van der Waals surface area contributed by atoms with Crippen LogP contribution in [-0.2, 0) is 16.0 Å². The Labute approximate surface area is 202 Å². The van der Waals surface area contributed by atoms with Crippen molar-refractivity contribution >= 4 is 29.4 Å². The largest absolute Gasteiger partial charge is 0.449 e. The van der Waals surface area contributed by atoms with Crippen molar-refractivity contribution in [1.82, 2.24) is 5.32 Å². The van der Waals surface area contributed by atoms with E-state index in [0.717, 1.165) is 29.7 Å². The molecule has 35 heavy (non-hydrogen) atoms. The lowest BCUT2D eigenvalue weighted by molar-refractivity contribution is -0.130. The van der Waals surface area contributed by atoms with Crippen molar-refractivity contribution in [1.29, 1.82) is 0 Å². The first kappa shape index (κ1) is 22.5. The molecule has 2 aliphatic rings. The van der Waals surface area contributed by atoms with Gasteiger partial charge in [0.15, 0.2) is 6.10 Å². The van der Waals surface area contributed by atoms with Crippen LogP contribution in [0.1, 0.15) is 68.0 Å². The maximum atomic E-state index is 12.7. The number of carbonyl (C=O) groups excluding carboxylic acids is 4. The zero-order valence-electron chi connectivity index (χ0n) is 19.2. The second-order valence-corrected chi connectivity index (χ2v) is 8.74. The van der Waals surface area contributed by atoms with E-state index in [1.165, 1.54) is 36.8 Å². The summed E-state index contributed by atoms with van der Waals surface area (Å²) in [5, 5.41) is 3.00. The summed E-state index contributed by atoms with van der Waals surface area (Å²) >= 11 is 0. The number of amides is 3. The number of hydrogen-bond donors (Lipinski definition) is 1. The van der Waals surface area contributed by atoms with Gasteiger partial charge in [0.25, 0.3) is 17.7 Å². The molecule has 0 radical (unpaired) electrons. The Hall–Kier alpha value is -4.26. The predicted molar refractivity (Wildman–Crippen MR) is 129 cm³/mol. The molecule has 3 aromatic carbocycles. The van der Waals surface area contributed by atoms with Crippen LogP contribution in [0.3, 0.4) is 0 Å². The molecule has 0 fully saturated rings. The molecular formula is C28H24N2O5. The van der Waals surface area contributed by atoms with E-state index in [9.17, 15) is 19.2 Å². The average Bonchev–Trinajstić information content (AvgIpc) is 3.14. The van der Waals surface area contributed by atoms with Crippen LogP contribution >= 0.6 is 0 Å². The Bertz CT molecular complexity index is 1300. The van der Waals surface area contributed by atoms with Crippen LogP contribution in [0.2, 0.25) is 0 Å². The van der Waals surface area contributed by atoms with Crippen LogP contribution in [0.4, 0.5) is 5.69 Å². The summed E-state index contributed by atoms with van der Waals surface area (Å²) in [5.74, 6) is -1.83. The molecule has 7 heteroatoms. The third-order valence-corrected chi connectivity index (χ3v) is 6.49. The minimum Gasteiger partial charge on any atom is -0.449 e. The molecule has 1 aliphatic heterocycles. The number of hydrogen-bond acceptors (Lipinski definition) is 5. The second-order valence-electron chi connectivity index (χ2n) is 8.74. The number of rotatable bonds is 5. The molecule has 0 aromatic heterocycles. The van der Waals surface area contributed by atoms with Crippen LogP contribution < -0.4 is 10.2 Å². The van der Waals surface area contributed by atoms with Gasteiger partial charge in [-0.1, -0.05) is 36.4 Å². The number of benzene rings is 3. The summed E-state index contributed by atoms with van der Waals surface area (Å²) < 4.78 is 5.39. The Morgan fingerprint density at radius 2 is 1.54 bits per heavy atom. The molecule has 1 heterocycles. The van der Waals surface area contributed by atoms with Gasteiger partial charge in [0.2, 0.25) is 0 Å². The van der Waals surface area contributed by atoms with Gasteiger partial charge >= 0.3 is 5.97 Å². The van der Waals surface area contributed by atoms with E-state index in [-0.39, 0.29) is 17.5 Å². The number of carbonyl (C=O) groups is 4. The highest BCUT2D eigenvalue weighted by atomic mass is 16.5. The fourth-order valence-electron chi connectivity index (χ4n) is 4.65. The quantitative estimate of drug-likeness (QED) is 0.447. The summed E-state index contributed by atoms with van der Waals surface area (Å²) in [6.07, 6.45) is 1.83. The zero-order chi connectivity index (χ0) is 24.5. The highest BCUT2D eigenvalue weighted by molar-refractivity contribution is 6.34. The number of nitrogens with one attached hydrogen (secondary N) is 1. The number of esters is 1. The molecule has 176 valence electrons. The minimum absolute atomic E-state index is 0.104. The van der Waals surface area contributed by atoms with Gasteiger partial charge in [-0.2, -0.15) is 0 Å². The lowest BCUT2D eigenvalue weighted by atomic mass is 9.87. The maximum absolute atomic E-state index is 12.7. The third-order valence-electron chi connectivity index (χ3n) is 6.49. The van der Waals surface area contributed by atoms with Gasteiger partial charge in [0.05, 0.1) is 28.4 Å². The lowest BCUT2D eigenvalue weighted by Crippen LogP contribution is -2.39. The monoisotopic (exact) mass is 468 g/mol. The first-order valence-corrected chi connectivity index (χ1v) is 11.6. The molecule has 3 amide bonds. The molecule has 0 saturated heterocycles. The topological polar surface area (TPSA) is 92.8 Å². The Balaban J connectivity index is 1.23. The van der Waals surface area contributed by atoms with Crippen LogP contribution in [0.25, 0.3) is 0 Å². The number of imide groups is 1. The molecule has 7 nitrogen and oxygen atoms in total. The fraction of sp³-hybridized carbons (Fsp3) is 0.214. The SMILES string of the molecule is CC(OC(=O)c1ccc(N2C(=O)c3ccccc3C2=O)cc1)C(=O)NC1CCCc2ccccc21. The number of ether oxygens (including phenoxy) is 1. The second kappa shape index (κ2) is 9.18. The summed E-state index contributed by atoms with van der Waals surface area (Å²) in [6.45, 7) is 1.54. The van der Waals surface area contributed by atoms with Crippen LogP contribution in [0.15, 0.2) is 72.8 Å². The Morgan fingerprint density at radius 1 is 0.914 bits per heavy atom. The highest BCUT2D eigenvalue weighted by Crippen LogP contribution is 2.30. The molecule has 1 aliphatic carbocycles. The van der Waals surface area contributed by atoms with Gasteiger partial charge in [-0.3, -0.25) is 14.4 Å². The number of anilines is 1. The predicted octanol–water partition coefficient (Wildman–Crippen LogP) is 4.23. The first-order valence-electron chi connectivity index (χ1n) is 11.6. The minimum atomic E-state index is -0.979. The number of aryl methyl sites for hydroxylation is 1. The van der Waals surface area contributed by atoms with Crippen LogP contribution in [0, 0.1) is 0 Å². The van der Waals surface area contributed by atoms with Crippen molar-refractivity contribution in [2.75, 3.05) is 4.90 Å². The highest BCUT2D eigenvalue weighted by Gasteiger charge is 2.36. The summed E-state index contributed by atoms with van der Waals surface area (Å²) in [7, 11) is 0. The average molecular weight is 469 g/mol. The van der Waals surface area contributed by atoms with E-state index in [1.54, 1.807) is 24.3 Å². The summed E-state index contributed by atoms with van der Waals surface area (Å²) in [6, 6.07) is 20.6. The van der Waals surface area contributed by atoms with Crippen molar-refractivity contribution in [3.63, 3.8) is 0 Å². The van der Waals surface area contributed by atoms with Gasteiger partial charge in [-0.05, 0) is 73.7 Å². The van der Waals surface area contributed by atoms with Crippen molar-refractivity contribution in [2.24, 2.45) is 0 Å². The first-order chi connectivity index (χ1) is 16.9. The van der Waals surface area contributed by atoms with E-state index in [0.29, 0.717) is 16.8 Å². The molecule has 1 N–H and O–H groups in total. The van der Waals surface area contributed by atoms with Crippen LogP contribution in [0.5, 0.6) is 0 Å². The Kier molecular flexibility index (Phi) is 5.91. The van der Waals surface area contributed by atoms with Gasteiger partial charge in [-0.25, -0.2) is 9.69 Å². The molecule has 5 rings (SSSR count). The van der Waals surface area contributed by atoms with Gasteiger partial charge < -0.3 is 10.1 Å². The van der Waals surface area contributed by atoms with E-state index in [4.69, 9.17) is 4.74 Å². The van der Waals surface area contributed by atoms with Gasteiger partial charge in [0.1, 0.15) is 0 Å². The molecular weight excluding hydrogens is 444 g/mol. The van der Waals surface area contributed by atoms with Crippen molar-refractivity contribution in [3.8, 4) is 0 Å². The van der Waals surface area contributed by atoms with Crippen molar-refractivity contribution < 1.29 is 23.9 Å². The third kappa shape index (κ3) is 4.21. The van der Waals surface area contributed by atoms with E-state index in [2.05, 4.69) is 11.4 Å². The van der Waals surface area contributed by atoms with Gasteiger partial charge in [0, 0.05) is 0 Å². The summed E-state index contributed by atoms with van der Waals surface area (Å²) in [4.78, 5) is 51.8. The number of nitrogens with zero attached hydrogens (tertiary/aromatic N) is 1. The molecule has 0 saturated carbocycles. The van der Waals surface area contributed by atoms with E-state index in [1.807, 2.05) is 18.2 Å². The number of fused-ring (bicyclic) bond motifs is 2. The Morgan fingerprint density at radius 3 is 2.23 bits per heavy atom. The molecule has 2 atom stereocenters. The van der Waals surface area contributed by atoms with Crippen molar-refractivity contribution in [2.45, 2.75) is 38.3 Å². The fourth-order valence-corrected chi connectivity index (χ4v) is 4.65.